The molecule has 1 aromatic heterocycles. The Hall–Kier alpha value is -1.38. The normalized spacial score (nSPS) is 13.7. The highest BCUT2D eigenvalue weighted by Crippen LogP contribution is 2.19. The molecular weight excluding hydrogens is 284 g/mol. The highest BCUT2D eigenvalue weighted by atomic mass is 32.2. The fraction of sp³-hybridized carbons (Fsp3) is 0.583. The molecule has 1 heterocycles. The summed E-state index contributed by atoms with van der Waals surface area (Å²) in [5.41, 5.74) is -0.0735. The zero-order valence-electron chi connectivity index (χ0n) is 11.7. The van der Waals surface area contributed by atoms with E-state index < -0.39 is 16.0 Å². The lowest BCUT2D eigenvalue weighted by atomic mass is 10.2. The van der Waals surface area contributed by atoms with E-state index in [1.165, 1.54) is 10.8 Å². The lowest BCUT2D eigenvalue weighted by molar-refractivity contribution is 0.0683. The Balaban J connectivity index is 3.07. The summed E-state index contributed by atoms with van der Waals surface area (Å²) >= 11 is 0. The topological polar surface area (TPSA) is 109 Å². The number of hydrogen-bond acceptors (Lipinski definition) is 4. The summed E-state index contributed by atoms with van der Waals surface area (Å²) in [6.07, 6.45) is 1.31. The lowest BCUT2D eigenvalue weighted by Crippen LogP contribution is -2.29. The van der Waals surface area contributed by atoms with Gasteiger partial charge in [-0.05, 0) is 25.8 Å². The van der Waals surface area contributed by atoms with Gasteiger partial charge in [-0.3, -0.25) is 0 Å². The van der Waals surface area contributed by atoms with E-state index in [0.29, 0.717) is 0 Å². The Morgan fingerprint density at radius 3 is 2.40 bits per heavy atom. The van der Waals surface area contributed by atoms with Crippen LogP contribution in [-0.4, -0.2) is 42.3 Å². The Bertz CT molecular complexity index is 577. The molecule has 0 aliphatic carbocycles. The van der Waals surface area contributed by atoms with Gasteiger partial charge in [-0.1, -0.05) is 6.92 Å². The molecule has 1 atom stereocenters. The van der Waals surface area contributed by atoms with Crippen LogP contribution >= 0.6 is 0 Å². The second-order valence-electron chi connectivity index (χ2n) is 5.01. The number of aliphatic hydroxyl groups is 1. The lowest BCUT2D eigenvalue weighted by Gasteiger charge is -2.10. The van der Waals surface area contributed by atoms with Crippen molar-refractivity contribution >= 4 is 16.0 Å². The van der Waals surface area contributed by atoms with Crippen LogP contribution < -0.4 is 4.72 Å². The van der Waals surface area contributed by atoms with Gasteiger partial charge < -0.3 is 14.8 Å². The van der Waals surface area contributed by atoms with E-state index in [9.17, 15) is 13.2 Å². The van der Waals surface area contributed by atoms with Crippen molar-refractivity contribution in [1.29, 1.82) is 0 Å². The molecule has 1 aromatic rings. The number of aromatic nitrogens is 1. The van der Waals surface area contributed by atoms with Gasteiger partial charge in [-0.25, -0.2) is 17.9 Å². The Labute approximate surface area is 118 Å². The number of aromatic carboxylic acids is 1. The number of nitrogens with one attached hydrogen (secondary N) is 1. The predicted molar refractivity (Wildman–Crippen MR) is 73.2 cm³/mol. The molecule has 0 fully saturated rings. The van der Waals surface area contributed by atoms with Gasteiger partial charge in [0, 0.05) is 25.4 Å². The maximum Gasteiger partial charge on any atom is 0.352 e. The van der Waals surface area contributed by atoms with Crippen molar-refractivity contribution in [3.05, 3.63) is 18.0 Å². The smallest absolute Gasteiger partial charge is 0.352 e. The molecule has 0 saturated carbocycles. The van der Waals surface area contributed by atoms with E-state index in [-0.39, 0.29) is 35.7 Å². The second kappa shape index (κ2) is 6.38. The molecule has 0 amide bonds. The number of sulfonamides is 1. The first kappa shape index (κ1) is 16.7. The zero-order chi connectivity index (χ0) is 15.5. The molecule has 7 nitrogen and oxygen atoms in total. The summed E-state index contributed by atoms with van der Waals surface area (Å²) in [5.74, 6) is -1.39. The molecule has 3 N–H and O–H groups in total. The van der Waals surface area contributed by atoms with E-state index >= 15 is 0 Å². The average Bonchev–Trinajstić information content (AvgIpc) is 2.82. The first-order chi connectivity index (χ1) is 9.19. The third-order valence-corrected chi connectivity index (χ3v) is 4.23. The maximum atomic E-state index is 12.1. The standard InChI is InChI=1S/C12H20N2O5S/c1-8(2)14-6-10(4-11(14)12(16)17)20(18,19)13-5-9(3)7-15/h4,6,8-9,13,15H,5,7H2,1-3H3,(H,16,17). The summed E-state index contributed by atoms with van der Waals surface area (Å²) < 4.78 is 27.9. The SMILES string of the molecule is CC(CO)CNS(=O)(=O)c1cc(C(=O)O)n(C(C)C)c1. The predicted octanol–water partition coefficient (Wildman–Crippen LogP) is 0.674. The molecule has 1 rings (SSSR count). The molecule has 0 aromatic carbocycles. The van der Waals surface area contributed by atoms with Crippen LogP contribution in [0.15, 0.2) is 17.2 Å². The summed E-state index contributed by atoms with van der Waals surface area (Å²) in [4.78, 5) is 11.0. The van der Waals surface area contributed by atoms with E-state index in [1.54, 1.807) is 20.8 Å². The summed E-state index contributed by atoms with van der Waals surface area (Å²) in [6, 6.07) is 0.968. The van der Waals surface area contributed by atoms with Gasteiger partial charge in [0.1, 0.15) is 10.6 Å². The van der Waals surface area contributed by atoms with Crippen molar-refractivity contribution in [2.75, 3.05) is 13.2 Å². The number of rotatable bonds is 7. The van der Waals surface area contributed by atoms with Gasteiger partial charge in [0.2, 0.25) is 10.0 Å². The third-order valence-electron chi connectivity index (χ3n) is 2.84. The quantitative estimate of drug-likeness (QED) is 0.686. The minimum atomic E-state index is -3.78. The van der Waals surface area contributed by atoms with Gasteiger partial charge in [0.25, 0.3) is 0 Å². The highest BCUT2D eigenvalue weighted by Gasteiger charge is 2.22. The molecule has 0 spiro atoms. The molecule has 0 bridgehead atoms. The largest absolute Gasteiger partial charge is 0.477 e. The molecule has 1 unspecified atom stereocenters. The minimum Gasteiger partial charge on any atom is -0.477 e. The van der Waals surface area contributed by atoms with Crippen molar-refractivity contribution in [3.8, 4) is 0 Å². The number of carbonyl (C=O) groups is 1. The van der Waals surface area contributed by atoms with E-state index in [0.717, 1.165) is 6.07 Å². The van der Waals surface area contributed by atoms with E-state index in [2.05, 4.69) is 4.72 Å². The number of nitrogens with zero attached hydrogens (tertiary/aromatic N) is 1. The van der Waals surface area contributed by atoms with E-state index in [1.807, 2.05) is 0 Å². The molecule has 20 heavy (non-hydrogen) atoms. The van der Waals surface area contributed by atoms with Gasteiger partial charge in [-0.2, -0.15) is 0 Å². The van der Waals surface area contributed by atoms with Crippen LogP contribution in [0, 0.1) is 5.92 Å². The van der Waals surface area contributed by atoms with Gasteiger partial charge in [-0.15, -0.1) is 0 Å². The molecule has 114 valence electrons. The van der Waals surface area contributed by atoms with Crippen LogP contribution in [-0.2, 0) is 10.0 Å². The van der Waals surface area contributed by atoms with Crippen LogP contribution in [0.3, 0.4) is 0 Å². The third kappa shape index (κ3) is 3.81. The van der Waals surface area contributed by atoms with Crippen LogP contribution in [0.5, 0.6) is 0 Å². The van der Waals surface area contributed by atoms with Crippen LogP contribution in [0.4, 0.5) is 0 Å². The summed E-state index contributed by atoms with van der Waals surface area (Å²) in [6.45, 7) is 5.20. The van der Waals surface area contributed by atoms with Crippen molar-refractivity contribution < 1.29 is 23.4 Å². The molecule has 0 aliphatic rings. The van der Waals surface area contributed by atoms with Crippen molar-refractivity contribution in [2.45, 2.75) is 31.7 Å². The van der Waals surface area contributed by atoms with Crippen molar-refractivity contribution in [3.63, 3.8) is 0 Å². The zero-order valence-corrected chi connectivity index (χ0v) is 12.5. The van der Waals surface area contributed by atoms with Crippen molar-refractivity contribution in [2.24, 2.45) is 5.92 Å². The van der Waals surface area contributed by atoms with Crippen LogP contribution in [0.1, 0.15) is 37.3 Å². The number of hydrogen-bond donors (Lipinski definition) is 3. The first-order valence-electron chi connectivity index (χ1n) is 6.24. The fourth-order valence-electron chi connectivity index (χ4n) is 1.60. The molecule has 0 aliphatic heterocycles. The minimum absolute atomic E-state index is 0.0735. The van der Waals surface area contributed by atoms with Crippen molar-refractivity contribution in [1.82, 2.24) is 9.29 Å². The Morgan fingerprint density at radius 2 is 2.00 bits per heavy atom. The molecule has 0 saturated heterocycles. The van der Waals surface area contributed by atoms with Crippen LogP contribution in [0.25, 0.3) is 0 Å². The number of aliphatic hydroxyl groups excluding tert-OH is 1. The molecule has 8 heteroatoms. The number of carboxylic acids is 1. The monoisotopic (exact) mass is 304 g/mol. The first-order valence-corrected chi connectivity index (χ1v) is 7.73. The van der Waals surface area contributed by atoms with Gasteiger partial charge >= 0.3 is 5.97 Å². The Morgan fingerprint density at radius 1 is 1.40 bits per heavy atom. The maximum absolute atomic E-state index is 12.1. The van der Waals surface area contributed by atoms with Gasteiger partial charge in [0.05, 0.1) is 0 Å². The average molecular weight is 304 g/mol. The summed E-state index contributed by atoms with van der Waals surface area (Å²) in [5, 5.41) is 18.0. The highest BCUT2D eigenvalue weighted by molar-refractivity contribution is 7.89. The van der Waals surface area contributed by atoms with Crippen LogP contribution in [0.2, 0.25) is 0 Å². The number of carboxylic acid groups (broad SMARTS) is 1. The summed E-state index contributed by atoms with van der Waals surface area (Å²) in [7, 11) is -3.78. The second-order valence-corrected chi connectivity index (χ2v) is 6.77. The van der Waals surface area contributed by atoms with Gasteiger partial charge in [0.15, 0.2) is 0 Å². The molecular formula is C12H20N2O5S. The van der Waals surface area contributed by atoms with E-state index in [4.69, 9.17) is 10.2 Å². The fourth-order valence-corrected chi connectivity index (χ4v) is 2.79. The Kier molecular flexibility index (Phi) is 5.32. The molecule has 0 radical (unpaired) electrons.